The lowest BCUT2D eigenvalue weighted by Crippen LogP contribution is -2.52. The van der Waals surface area contributed by atoms with Crippen LogP contribution in [0.2, 0.25) is 0 Å². The summed E-state index contributed by atoms with van der Waals surface area (Å²) in [5.74, 6) is -3.68. The number of anilines is 1. The number of carbonyl (C=O) groups is 5. The molecule has 2 aliphatic rings. The number of benzene rings is 2. The van der Waals surface area contributed by atoms with E-state index in [1.165, 1.54) is 36.1 Å². The Labute approximate surface area is 253 Å². The fourth-order valence-electron chi connectivity index (χ4n) is 5.26. The van der Waals surface area contributed by atoms with Gasteiger partial charge in [-0.05, 0) is 36.2 Å². The van der Waals surface area contributed by atoms with Crippen molar-refractivity contribution < 1.29 is 41.5 Å². The number of halogens is 4. The molecule has 2 aliphatic heterocycles. The van der Waals surface area contributed by atoms with E-state index in [0.29, 0.717) is 20.9 Å². The van der Waals surface area contributed by atoms with Gasteiger partial charge in [0.2, 0.25) is 17.7 Å². The Morgan fingerprint density at radius 1 is 1.09 bits per heavy atom. The molecule has 12 nitrogen and oxygen atoms in total. The first-order valence-corrected chi connectivity index (χ1v) is 13.6. The first-order chi connectivity index (χ1) is 21.2. The van der Waals surface area contributed by atoms with Crippen molar-refractivity contribution >= 4 is 35.3 Å². The number of likely N-dealkylation sites (N-methyl/N-ethyl adjacent to an activating group) is 1. The summed E-state index contributed by atoms with van der Waals surface area (Å²) in [6.07, 6.45) is -2.25. The van der Waals surface area contributed by atoms with Gasteiger partial charge in [-0.1, -0.05) is 24.3 Å². The summed E-state index contributed by atoms with van der Waals surface area (Å²) in [5.41, 5.74) is -0.159. The molecule has 2 atom stereocenters. The fourth-order valence-corrected chi connectivity index (χ4v) is 5.26. The molecule has 6 amide bonds. The number of nitrogens with one attached hydrogen (secondary N) is 3. The minimum Gasteiger partial charge on any atom is -0.358 e. The molecule has 5 rings (SSSR count). The summed E-state index contributed by atoms with van der Waals surface area (Å²) < 4.78 is 56.0. The van der Waals surface area contributed by atoms with E-state index >= 15 is 0 Å². The second-order valence-corrected chi connectivity index (χ2v) is 10.7. The van der Waals surface area contributed by atoms with Crippen LogP contribution in [0.15, 0.2) is 54.9 Å². The molecule has 1 aromatic heterocycles. The molecule has 1 saturated heterocycles. The number of imide groups is 1. The molecule has 0 aliphatic carbocycles. The molecular weight excluding hydrogens is 602 g/mol. The zero-order valence-electron chi connectivity index (χ0n) is 23.9. The first-order valence-electron chi connectivity index (χ1n) is 13.6. The van der Waals surface area contributed by atoms with Crippen LogP contribution in [0.25, 0.3) is 11.1 Å². The molecule has 1 fully saturated rings. The Morgan fingerprint density at radius 2 is 1.80 bits per heavy atom. The number of urea groups is 1. The Kier molecular flexibility index (Phi) is 8.08. The van der Waals surface area contributed by atoms with E-state index in [9.17, 15) is 41.5 Å². The lowest BCUT2D eigenvalue weighted by molar-refractivity contribution is -0.187. The largest absolute Gasteiger partial charge is 0.408 e. The van der Waals surface area contributed by atoms with Gasteiger partial charge in [-0.2, -0.15) is 18.3 Å². The van der Waals surface area contributed by atoms with Gasteiger partial charge in [0.05, 0.1) is 12.6 Å². The number of hydrogen-bond acceptors (Lipinski definition) is 6. The van der Waals surface area contributed by atoms with Gasteiger partial charge >= 0.3 is 12.2 Å². The number of nitrogens with zero attached hydrogens (tertiary/aromatic N) is 4. The van der Waals surface area contributed by atoms with Crippen molar-refractivity contribution in [2.24, 2.45) is 0 Å². The Bertz CT molecular complexity index is 1690. The van der Waals surface area contributed by atoms with Crippen molar-refractivity contribution in [2.45, 2.75) is 44.2 Å². The number of alkyl halides is 3. The normalized spacial score (nSPS) is 18.4. The monoisotopic (exact) mass is 629 g/mol. The van der Waals surface area contributed by atoms with E-state index in [4.69, 9.17) is 0 Å². The number of amides is 6. The summed E-state index contributed by atoms with van der Waals surface area (Å²) in [6, 6.07) is 5.83. The maximum absolute atomic E-state index is 13.8. The van der Waals surface area contributed by atoms with Crippen molar-refractivity contribution in [1.29, 1.82) is 0 Å². The smallest absolute Gasteiger partial charge is 0.358 e. The van der Waals surface area contributed by atoms with Crippen LogP contribution in [0.3, 0.4) is 0 Å². The maximum Gasteiger partial charge on any atom is 0.408 e. The standard InChI is InChI=1S/C29H27F4N7O5/c1-16(29(31,32)33)39(12-17-3-6-20(30)7-4-17)25(43)15-40-26(44)28(37-27(40)45)10-23(41)36-22-9-18(5-8-21(22)28)19-11-35-38(13-19)14-24(42)34-2/h3-9,11,13,16H,10,12,14-15H2,1-2H3,(H,34,42)(H,36,41)(H,37,45)/t16-,28?/m0/s1. The van der Waals surface area contributed by atoms with E-state index in [1.807, 2.05) is 0 Å². The highest BCUT2D eigenvalue weighted by Gasteiger charge is 2.57. The lowest BCUT2D eigenvalue weighted by Gasteiger charge is -2.34. The molecule has 0 bridgehead atoms. The van der Waals surface area contributed by atoms with E-state index < -0.39 is 66.8 Å². The fraction of sp³-hybridized carbons (Fsp3) is 0.310. The quantitative estimate of drug-likeness (QED) is 0.258. The van der Waals surface area contributed by atoms with Crippen molar-refractivity contribution in [2.75, 3.05) is 18.9 Å². The number of aromatic nitrogens is 2. The van der Waals surface area contributed by atoms with Crippen LogP contribution < -0.4 is 16.0 Å². The Balaban J connectivity index is 1.41. The summed E-state index contributed by atoms with van der Waals surface area (Å²) in [7, 11) is 1.49. The highest BCUT2D eigenvalue weighted by atomic mass is 19.4. The third-order valence-electron chi connectivity index (χ3n) is 7.73. The van der Waals surface area contributed by atoms with Crippen LogP contribution in [0.5, 0.6) is 0 Å². The summed E-state index contributed by atoms with van der Waals surface area (Å²) in [4.78, 5) is 65.6. The van der Waals surface area contributed by atoms with Gasteiger partial charge in [0.25, 0.3) is 5.91 Å². The third-order valence-corrected chi connectivity index (χ3v) is 7.73. The molecule has 3 heterocycles. The average molecular weight is 630 g/mol. The molecule has 1 unspecified atom stereocenters. The van der Waals surface area contributed by atoms with E-state index in [-0.39, 0.29) is 29.3 Å². The predicted molar refractivity (Wildman–Crippen MR) is 149 cm³/mol. The minimum absolute atomic E-state index is 0.0283. The summed E-state index contributed by atoms with van der Waals surface area (Å²) in [5, 5.41) is 11.8. The van der Waals surface area contributed by atoms with Gasteiger partial charge < -0.3 is 20.9 Å². The molecular formula is C29H27F4N7O5. The summed E-state index contributed by atoms with van der Waals surface area (Å²) >= 11 is 0. The minimum atomic E-state index is -4.84. The summed E-state index contributed by atoms with van der Waals surface area (Å²) in [6.45, 7) is -0.869. The van der Waals surface area contributed by atoms with Gasteiger partial charge in [0.15, 0.2) is 5.54 Å². The van der Waals surface area contributed by atoms with Gasteiger partial charge in [0.1, 0.15) is 24.9 Å². The zero-order chi connectivity index (χ0) is 32.7. The van der Waals surface area contributed by atoms with Crippen LogP contribution in [-0.4, -0.2) is 75.1 Å². The molecule has 1 spiro atoms. The molecule has 0 saturated carbocycles. The second kappa shape index (κ2) is 11.7. The average Bonchev–Trinajstić information content (AvgIpc) is 3.54. The molecule has 0 radical (unpaired) electrons. The van der Waals surface area contributed by atoms with Gasteiger partial charge in [-0.25, -0.2) is 9.18 Å². The number of fused-ring (bicyclic) bond motifs is 2. The van der Waals surface area contributed by atoms with Gasteiger partial charge in [-0.15, -0.1) is 0 Å². The first kappa shape index (κ1) is 31.2. The van der Waals surface area contributed by atoms with Crippen LogP contribution >= 0.6 is 0 Å². The van der Waals surface area contributed by atoms with E-state index in [1.54, 1.807) is 18.3 Å². The maximum atomic E-state index is 13.8. The van der Waals surface area contributed by atoms with Crippen molar-refractivity contribution in [1.82, 2.24) is 30.2 Å². The number of hydrogen-bond donors (Lipinski definition) is 3. The van der Waals surface area contributed by atoms with E-state index in [0.717, 1.165) is 19.1 Å². The Morgan fingerprint density at radius 3 is 2.47 bits per heavy atom. The van der Waals surface area contributed by atoms with Gasteiger partial charge in [0, 0.05) is 36.6 Å². The molecule has 16 heteroatoms. The zero-order valence-corrected chi connectivity index (χ0v) is 23.9. The number of rotatable bonds is 8. The van der Waals surface area contributed by atoms with Crippen LogP contribution in [0.1, 0.15) is 24.5 Å². The van der Waals surface area contributed by atoms with Crippen molar-refractivity contribution in [3.8, 4) is 11.1 Å². The number of carbonyl (C=O) groups excluding carboxylic acids is 5. The third kappa shape index (κ3) is 6.07. The Hall–Kier alpha value is -5.28. The van der Waals surface area contributed by atoms with Crippen LogP contribution in [-0.2, 0) is 37.8 Å². The second-order valence-electron chi connectivity index (χ2n) is 10.7. The van der Waals surface area contributed by atoms with Gasteiger partial charge in [-0.3, -0.25) is 28.8 Å². The van der Waals surface area contributed by atoms with Crippen molar-refractivity contribution in [3.05, 3.63) is 71.8 Å². The van der Waals surface area contributed by atoms with Crippen molar-refractivity contribution in [3.63, 3.8) is 0 Å². The van der Waals surface area contributed by atoms with E-state index in [2.05, 4.69) is 21.0 Å². The predicted octanol–water partition coefficient (Wildman–Crippen LogP) is 2.50. The molecule has 45 heavy (non-hydrogen) atoms. The molecule has 3 N–H and O–H groups in total. The highest BCUT2D eigenvalue weighted by molar-refractivity contribution is 6.14. The SMILES string of the molecule is CNC(=O)Cn1cc(-c2ccc3c(c2)NC(=O)CC32NC(=O)N(CC(=O)N(Cc3ccc(F)cc3)[C@@H](C)C(F)(F)F)C2=O)cn1. The molecule has 2 aromatic carbocycles. The topological polar surface area (TPSA) is 146 Å². The molecule has 236 valence electrons. The highest BCUT2D eigenvalue weighted by Crippen LogP contribution is 2.42. The lowest BCUT2D eigenvalue weighted by atomic mass is 9.81. The molecule has 3 aromatic rings. The van der Waals surface area contributed by atoms with Crippen LogP contribution in [0, 0.1) is 5.82 Å². The van der Waals surface area contributed by atoms with Crippen LogP contribution in [0.4, 0.5) is 28.0 Å².